The van der Waals surface area contributed by atoms with Crippen LogP contribution in [0.2, 0.25) is 0 Å². The van der Waals surface area contributed by atoms with Crippen LogP contribution in [0.1, 0.15) is 11.3 Å². The van der Waals surface area contributed by atoms with E-state index in [9.17, 15) is 4.39 Å². The summed E-state index contributed by atoms with van der Waals surface area (Å²) in [6.07, 6.45) is 0. The predicted molar refractivity (Wildman–Crippen MR) is 61.8 cm³/mol. The van der Waals surface area contributed by atoms with Crippen LogP contribution in [-0.4, -0.2) is 4.98 Å². The minimum atomic E-state index is -0.229. The Kier molecular flexibility index (Phi) is 3.03. The van der Waals surface area contributed by atoms with Gasteiger partial charge in [-0.3, -0.25) is 0 Å². The smallest absolute Gasteiger partial charge is 0.124 e. The van der Waals surface area contributed by atoms with E-state index in [4.69, 9.17) is 11.6 Å². The Balaban J connectivity index is 2.44. The number of benzene rings is 1. The summed E-state index contributed by atoms with van der Waals surface area (Å²) in [4.78, 5) is 4.30. The lowest BCUT2D eigenvalue weighted by Gasteiger charge is -1.99. The average Bonchev–Trinajstić information content (AvgIpc) is 2.64. The van der Waals surface area contributed by atoms with Crippen LogP contribution in [0.25, 0.3) is 10.6 Å². The highest BCUT2D eigenvalue weighted by molar-refractivity contribution is 7.13. The van der Waals surface area contributed by atoms with Crippen LogP contribution in [0.15, 0.2) is 23.6 Å². The number of alkyl halides is 1. The fourth-order valence-corrected chi connectivity index (χ4v) is 2.40. The number of aryl methyl sites for hydroxylation is 1. The van der Waals surface area contributed by atoms with Crippen molar-refractivity contribution in [3.8, 4) is 10.6 Å². The van der Waals surface area contributed by atoms with Crippen LogP contribution in [0.3, 0.4) is 0 Å². The molecule has 0 spiro atoms. The molecule has 1 heterocycles. The van der Waals surface area contributed by atoms with Gasteiger partial charge in [0, 0.05) is 10.9 Å². The molecule has 0 amide bonds. The highest BCUT2D eigenvalue weighted by Gasteiger charge is 2.05. The Morgan fingerprint density at radius 1 is 1.40 bits per heavy atom. The first-order valence-electron chi connectivity index (χ1n) is 4.47. The molecule has 0 fully saturated rings. The summed E-state index contributed by atoms with van der Waals surface area (Å²) in [6.45, 7) is 1.86. The molecule has 0 aliphatic rings. The number of thiazole rings is 1. The van der Waals surface area contributed by atoms with Gasteiger partial charge in [-0.05, 0) is 30.7 Å². The third kappa shape index (κ3) is 2.36. The molecule has 0 N–H and O–H groups in total. The van der Waals surface area contributed by atoms with Crippen LogP contribution in [0.5, 0.6) is 0 Å². The van der Waals surface area contributed by atoms with Crippen molar-refractivity contribution in [3.05, 3.63) is 40.7 Å². The summed E-state index contributed by atoms with van der Waals surface area (Å²) < 4.78 is 13.2. The van der Waals surface area contributed by atoms with E-state index in [1.807, 2.05) is 18.4 Å². The summed E-state index contributed by atoms with van der Waals surface area (Å²) in [5.41, 5.74) is 2.54. The van der Waals surface area contributed by atoms with Crippen molar-refractivity contribution >= 4 is 22.9 Å². The van der Waals surface area contributed by atoms with E-state index in [1.165, 1.54) is 23.5 Å². The molecule has 2 rings (SSSR count). The van der Waals surface area contributed by atoms with Crippen molar-refractivity contribution in [1.29, 1.82) is 0 Å². The lowest BCUT2D eigenvalue weighted by Crippen LogP contribution is -1.83. The van der Waals surface area contributed by atoms with Crippen molar-refractivity contribution in [2.75, 3.05) is 0 Å². The second-order valence-corrected chi connectivity index (χ2v) is 4.42. The normalized spacial score (nSPS) is 10.6. The minimum Gasteiger partial charge on any atom is -0.240 e. The van der Waals surface area contributed by atoms with E-state index in [1.54, 1.807) is 0 Å². The number of halogens is 2. The van der Waals surface area contributed by atoms with Crippen LogP contribution in [-0.2, 0) is 5.88 Å². The molecular weight excluding hydrogens is 233 g/mol. The average molecular weight is 242 g/mol. The van der Waals surface area contributed by atoms with Crippen molar-refractivity contribution < 1.29 is 4.39 Å². The Morgan fingerprint density at radius 2 is 2.20 bits per heavy atom. The SMILES string of the molecule is Cc1cc(F)cc(-c2nc(CCl)cs2)c1. The lowest BCUT2D eigenvalue weighted by atomic mass is 10.1. The Bertz CT molecular complexity index is 461. The van der Waals surface area contributed by atoms with Gasteiger partial charge in [-0.15, -0.1) is 22.9 Å². The van der Waals surface area contributed by atoms with Gasteiger partial charge in [-0.2, -0.15) is 0 Å². The standard InChI is InChI=1S/C11H9ClFNS/c1-7-2-8(4-9(13)3-7)11-14-10(5-12)6-15-11/h2-4,6H,5H2,1H3. The van der Waals surface area contributed by atoms with Gasteiger partial charge in [0.2, 0.25) is 0 Å². The number of aromatic nitrogens is 1. The van der Waals surface area contributed by atoms with Gasteiger partial charge in [0.15, 0.2) is 0 Å². The Hall–Kier alpha value is -0.930. The summed E-state index contributed by atoms with van der Waals surface area (Å²) in [5.74, 6) is 0.165. The zero-order valence-electron chi connectivity index (χ0n) is 8.13. The van der Waals surface area contributed by atoms with E-state index < -0.39 is 0 Å². The number of nitrogens with zero attached hydrogens (tertiary/aromatic N) is 1. The summed E-state index contributed by atoms with van der Waals surface area (Å²) >= 11 is 7.14. The molecule has 78 valence electrons. The third-order valence-corrected chi connectivity index (χ3v) is 3.19. The van der Waals surface area contributed by atoms with Gasteiger partial charge in [0.1, 0.15) is 10.8 Å². The van der Waals surface area contributed by atoms with E-state index in [2.05, 4.69) is 4.98 Å². The van der Waals surface area contributed by atoms with Gasteiger partial charge in [0.05, 0.1) is 11.6 Å². The largest absolute Gasteiger partial charge is 0.240 e. The van der Waals surface area contributed by atoms with Crippen LogP contribution in [0, 0.1) is 12.7 Å². The monoisotopic (exact) mass is 241 g/mol. The molecule has 2 aromatic rings. The molecule has 0 saturated heterocycles. The van der Waals surface area contributed by atoms with E-state index in [-0.39, 0.29) is 5.82 Å². The van der Waals surface area contributed by atoms with E-state index >= 15 is 0 Å². The van der Waals surface area contributed by atoms with E-state index in [0.29, 0.717) is 5.88 Å². The van der Waals surface area contributed by atoms with Crippen LogP contribution < -0.4 is 0 Å². The van der Waals surface area contributed by atoms with Crippen molar-refractivity contribution in [2.45, 2.75) is 12.8 Å². The topological polar surface area (TPSA) is 12.9 Å². The predicted octanol–water partition coefficient (Wildman–Crippen LogP) is 4.00. The van der Waals surface area contributed by atoms with E-state index in [0.717, 1.165) is 21.8 Å². The fraction of sp³-hybridized carbons (Fsp3) is 0.182. The fourth-order valence-electron chi connectivity index (χ4n) is 1.36. The van der Waals surface area contributed by atoms with Crippen LogP contribution in [0.4, 0.5) is 4.39 Å². The van der Waals surface area contributed by atoms with Gasteiger partial charge >= 0.3 is 0 Å². The second kappa shape index (κ2) is 4.29. The quantitative estimate of drug-likeness (QED) is 0.725. The molecule has 0 unspecified atom stereocenters. The summed E-state index contributed by atoms with van der Waals surface area (Å²) in [5, 5.41) is 2.70. The Labute approximate surface area is 96.5 Å². The maximum absolute atomic E-state index is 13.2. The number of hydrogen-bond donors (Lipinski definition) is 0. The van der Waals surface area contributed by atoms with Crippen molar-refractivity contribution in [1.82, 2.24) is 4.98 Å². The van der Waals surface area contributed by atoms with Gasteiger partial charge < -0.3 is 0 Å². The van der Waals surface area contributed by atoms with Crippen molar-refractivity contribution in [2.24, 2.45) is 0 Å². The molecular formula is C11H9ClFNS. The maximum atomic E-state index is 13.2. The Morgan fingerprint density at radius 3 is 2.80 bits per heavy atom. The number of hydrogen-bond acceptors (Lipinski definition) is 2. The molecule has 0 aliphatic heterocycles. The molecule has 0 radical (unpaired) electrons. The van der Waals surface area contributed by atoms with Gasteiger partial charge in [-0.1, -0.05) is 0 Å². The van der Waals surface area contributed by atoms with Gasteiger partial charge in [0.25, 0.3) is 0 Å². The molecule has 1 nitrogen and oxygen atoms in total. The molecule has 0 saturated carbocycles. The van der Waals surface area contributed by atoms with Crippen molar-refractivity contribution in [3.63, 3.8) is 0 Å². The minimum absolute atomic E-state index is 0.229. The van der Waals surface area contributed by atoms with Crippen LogP contribution >= 0.6 is 22.9 Å². The molecule has 15 heavy (non-hydrogen) atoms. The first kappa shape index (κ1) is 10.6. The van der Waals surface area contributed by atoms with Gasteiger partial charge in [-0.25, -0.2) is 9.37 Å². The lowest BCUT2D eigenvalue weighted by molar-refractivity contribution is 0.627. The second-order valence-electron chi connectivity index (χ2n) is 3.29. The first-order valence-corrected chi connectivity index (χ1v) is 5.88. The molecule has 1 aromatic heterocycles. The molecule has 4 heteroatoms. The summed E-state index contributed by atoms with van der Waals surface area (Å²) in [7, 11) is 0. The molecule has 0 bridgehead atoms. The highest BCUT2D eigenvalue weighted by Crippen LogP contribution is 2.25. The molecule has 0 atom stereocenters. The molecule has 1 aromatic carbocycles. The number of rotatable bonds is 2. The maximum Gasteiger partial charge on any atom is 0.124 e. The molecule has 0 aliphatic carbocycles. The zero-order valence-corrected chi connectivity index (χ0v) is 9.70. The third-order valence-electron chi connectivity index (χ3n) is 1.98. The zero-order chi connectivity index (χ0) is 10.8. The summed E-state index contributed by atoms with van der Waals surface area (Å²) in [6, 6.07) is 4.91. The first-order chi connectivity index (χ1) is 7.19. The highest BCUT2D eigenvalue weighted by atomic mass is 35.5.